The first-order chi connectivity index (χ1) is 8.40. The number of aromatic nitrogens is 1. The van der Waals surface area contributed by atoms with Crippen molar-refractivity contribution in [1.29, 1.82) is 0 Å². The van der Waals surface area contributed by atoms with Crippen LogP contribution >= 0.6 is 0 Å². The van der Waals surface area contributed by atoms with Gasteiger partial charge in [0.15, 0.2) is 0 Å². The number of hydrogen-bond donors (Lipinski definition) is 2. The van der Waals surface area contributed by atoms with Gasteiger partial charge in [-0.15, -0.1) is 0 Å². The number of carbonyl (C=O) groups is 1. The largest absolute Gasteiger partial charge is 0.398 e. The Hall–Kier alpha value is -1.58. The van der Waals surface area contributed by atoms with Gasteiger partial charge in [-0.05, 0) is 31.2 Å². The second kappa shape index (κ2) is 4.59. The van der Waals surface area contributed by atoms with Crippen molar-refractivity contribution in [3.05, 3.63) is 23.5 Å². The average molecular weight is 247 g/mol. The molecule has 0 saturated heterocycles. The lowest BCUT2D eigenvalue weighted by molar-refractivity contribution is 0.0910. The maximum absolute atomic E-state index is 12.2. The van der Waals surface area contributed by atoms with Gasteiger partial charge >= 0.3 is 0 Å². The first kappa shape index (κ1) is 12.9. The van der Waals surface area contributed by atoms with Crippen LogP contribution in [-0.2, 0) is 0 Å². The van der Waals surface area contributed by atoms with Crippen molar-refractivity contribution in [1.82, 2.24) is 10.3 Å². The molecule has 0 radical (unpaired) electrons. The monoisotopic (exact) mass is 247 g/mol. The Morgan fingerprint density at radius 3 is 2.83 bits per heavy atom. The number of amides is 1. The van der Waals surface area contributed by atoms with Crippen molar-refractivity contribution in [3.63, 3.8) is 0 Å². The molecule has 0 aromatic carbocycles. The third-order valence-electron chi connectivity index (χ3n) is 3.88. The van der Waals surface area contributed by atoms with E-state index in [0.29, 0.717) is 11.3 Å². The van der Waals surface area contributed by atoms with E-state index in [0.717, 1.165) is 18.5 Å². The second-order valence-corrected chi connectivity index (χ2v) is 5.82. The van der Waals surface area contributed by atoms with Crippen LogP contribution in [0.2, 0.25) is 0 Å². The van der Waals surface area contributed by atoms with E-state index in [-0.39, 0.29) is 17.4 Å². The highest BCUT2D eigenvalue weighted by atomic mass is 16.1. The van der Waals surface area contributed by atoms with Crippen LogP contribution < -0.4 is 11.1 Å². The highest BCUT2D eigenvalue weighted by Crippen LogP contribution is 2.37. The summed E-state index contributed by atoms with van der Waals surface area (Å²) >= 11 is 0. The molecule has 1 fully saturated rings. The third-order valence-corrected chi connectivity index (χ3v) is 3.88. The fourth-order valence-electron chi connectivity index (χ4n) is 2.60. The summed E-state index contributed by atoms with van der Waals surface area (Å²) in [6, 6.07) is 1.96. The lowest BCUT2D eigenvalue weighted by Gasteiger charge is -2.27. The first-order valence-electron chi connectivity index (χ1n) is 6.43. The van der Waals surface area contributed by atoms with Crippen LogP contribution in [0, 0.1) is 12.3 Å². The molecule has 1 heterocycles. The summed E-state index contributed by atoms with van der Waals surface area (Å²) in [7, 11) is 0. The van der Waals surface area contributed by atoms with Gasteiger partial charge in [0.05, 0.1) is 5.56 Å². The highest BCUT2D eigenvalue weighted by Gasteiger charge is 2.35. The second-order valence-electron chi connectivity index (χ2n) is 5.82. The SMILES string of the molecule is Cc1cc(N)c(C(=O)NC2CCCC2(C)C)cn1. The first-order valence-corrected chi connectivity index (χ1v) is 6.43. The van der Waals surface area contributed by atoms with Crippen molar-refractivity contribution >= 4 is 11.6 Å². The van der Waals surface area contributed by atoms with Gasteiger partial charge in [0, 0.05) is 23.6 Å². The fraction of sp³-hybridized carbons (Fsp3) is 0.571. The smallest absolute Gasteiger partial charge is 0.255 e. The van der Waals surface area contributed by atoms with Crippen molar-refractivity contribution in [2.75, 3.05) is 5.73 Å². The Kier molecular flexibility index (Phi) is 3.28. The lowest BCUT2D eigenvalue weighted by Crippen LogP contribution is -2.41. The number of nitrogen functional groups attached to an aromatic ring is 1. The molecule has 0 aliphatic heterocycles. The van der Waals surface area contributed by atoms with Gasteiger partial charge < -0.3 is 11.1 Å². The molecule has 2 rings (SSSR count). The van der Waals surface area contributed by atoms with Crippen molar-refractivity contribution in [3.8, 4) is 0 Å². The fourth-order valence-corrected chi connectivity index (χ4v) is 2.60. The van der Waals surface area contributed by atoms with E-state index in [2.05, 4.69) is 24.1 Å². The number of nitrogens with zero attached hydrogens (tertiary/aromatic N) is 1. The van der Waals surface area contributed by atoms with E-state index in [4.69, 9.17) is 5.73 Å². The Morgan fingerprint density at radius 2 is 2.28 bits per heavy atom. The van der Waals surface area contributed by atoms with E-state index in [1.165, 1.54) is 6.42 Å². The van der Waals surface area contributed by atoms with Crippen LogP contribution in [0.1, 0.15) is 49.2 Å². The number of nitrogens with one attached hydrogen (secondary N) is 1. The summed E-state index contributed by atoms with van der Waals surface area (Å²) in [5.41, 5.74) is 7.83. The summed E-state index contributed by atoms with van der Waals surface area (Å²) < 4.78 is 0. The molecule has 1 aromatic heterocycles. The third kappa shape index (κ3) is 2.47. The number of nitrogens with two attached hydrogens (primary N) is 1. The molecular weight excluding hydrogens is 226 g/mol. The molecular formula is C14H21N3O. The molecule has 98 valence electrons. The quantitative estimate of drug-likeness (QED) is 0.842. The van der Waals surface area contributed by atoms with E-state index in [1.54, 1.807) is 12.3 Å². The van der Waals surface area contributed by atoms with Gasteiger partial charge in [-0.25, -0.2) is 0 Å². The Labute approximate surface area is 108 Å². The highest BCUT2D eigenvalue weighted by molar-refractivity contribution is 5.99. The average Bonchev–Trinajstić information content (AvgIpc) is 2.58. The Balaban J connectivity index is 2.13. The predicted molar refractivity (Wildman–Crippen MR) is 72.3 cm³/mol. The standard InChI is InChI=1S/C14H21N3O/c1-9-7-11(15)10(8-16-9)13(18)17-12-5-4-6-14(12,2)3/h7-8,12H,4-6H2,1-3H3,(H2,15,16)(H,17,18). The van der Waals surface area contributed by atoms with Crippen molar-refractivity contribution < 1.29 is 4.79 Å². The van der Waals surface area contributed by atoms with Gasteiger partial charge in [-0.1, -0.05) is 20.3 Å². The molecule has 1 aliphatic rings. The summed E-state index contributed by atoms with van der Waals surface area (Å²) in [5.74, 6) is -0.111. The summed E-state index contributed by atoms with van der Waals surface area (Å²) in [6.45, 7) is 6.25. The molecule has 0 bridgehead atoms. The number of carbonyl (C=O) groups excluding carboxylic acids is 1. The lowest BCUT2D eigenvalue weighted by atomic mass is 9.87. The van der Waals surface area contributed by atoms with Crippen LogP contribution in [0.25, 0.3) is 0 Å². The zero-order valence-corrected chi connectivity index (χ0v) is 11.3. The minimum absolute atomic E-state index is 0.111. The van der Waals surface area contributed by atoms with E-state index >= 15 is 0 Å². The van der Waals surface area contributed by atoms with E-state index in [1.807, 2.05) is 6.92 Å². The number of rotatable bonds is 2. The molecule has 3 N–H and O–H groups in total. The molecule has 0 spiro atoms. The van der Waals surface area contributed by atoms with E-state index in [9.17, 15) is 4.79 Å². The Morgan fingerprint density at radius 1 is 1.56 bits per heavy atom. The summed E-state index contributed by atoms with van der Waals surface area (Å²) in [4.78, 5) is 16.3. The molecule has 1 unspecified atom stereocenters. The topological polar surface area (TPSA) is 68.0 Å². The Bertz CT molecular complexity index is 468. The maximum atomic E-state index is 12.2. The predicted octanol–water partition coefficient (Wildman–Crippen LogP) is 2.28. The number of anilines is 1. The zero-order valence-electron chi connectivity index (χ0n) is 11.3. The number of hydrogen-bond acceptors (Lipinski definition) is 3. The van der Waals surface area contributed by atoms with Gasteiger partial charge in [0.2, 0.25) is 0 Å². The molecule has 1 saturated carbocycles. The van der Waals surface area contributed by atoms with Gasteiger partial charge in [-0.3, -0.25) is 9.78 Å². The molecule has 1 atom stereocenters. The molecule has 4 heteroatoms. The van der Waals surface area contributed by atoms with Gasteiger partial charge in [-0.2, -0.15) is 0 Å². The van der Waals surface area contributed by atoms with Gasteiger partial charge in [0.1, 0.15) is 0 Å². The van der Waals surface area contributed by atoms with Crippen LogP contribution in [-0.4, -0.2) is 16.9 Å². The van der Waals surface area contributed by atoms with Crippen LogP contribution in [0.15, 0.2) is 12.3 Å². The van der Waals surface area contributed by atoms with E-state index < -0.39 is 0 Å². The zero-order chi connectivity index (χ0) is 13.3. The van der Waals surface area contributed by atoms with Crippen LogP contribution in [0.4, 0.5) is 5.69 Å². The summed E-state index contributed by atoms with van der Waals surface area (Å²) in [5, 5.41) is 3.09. The maximum Gasteiger partial charge on any atom is 0.255 e. The van der Waals surface area contributed by atoms with Gasteiger partial charge in [0.25, 0.3) is 5.91 Å². The normalized spacial score (nSPS) is 21.8. The van der Waals surface area contributed by atoms with Crippen LogP contribution in [0.3, 0.4) is 0 Å². The number of aryl methyl sites for hydroxylation is 1. The molecule has 18 heavy (non-hydrogen) atoms. The molecule has 1 aliphatic carbocycles. The van der Waals surface area contributed by atoms with Crippen molar-refractivity contribution in [2.24, 2.45) is 5.41 Å². The molecule has 4 nitrogen and oxygen atoms in total. The minimum Gasteiger partial charge on any atom is -0.398 e. The molecule has 1 aromatic rings. The minimum atomic E-state index is -0.111. The van der Waals surface area contributed by atoms with Crippen LogP contribution in [0.5, 0.6) is 0 Å². The number of pyridine rings is 1. The van der Waals surface area contributed by atoms with Crippen molar-refractivity contribution in [2.45, 2.75) is 46.1 Å². The molecule has 1 amide bonds. The summed E-state index contributed by atoms with van der Waals surface area (Å²) in [6.07, 6.45) is 4.92.